The number of carbonyl (C=O) groups is 2. The molecule has 0 atom stereocenters. The van der Waals surface area contributed by atoms with Crippen LogP contribution in [0, 0.1) is 6.92 Å². The molecule has 1 aliphatic heterocycles. The molecule has 0 radical (unpaired) electrons. The van der Waals surface area contributed by atoms with Crippen molar-refractivity contribution < 1.29 is 9.59 Å². The van der Waals surface area contributed by atoms with Gasteiger partial charge in [0.25, 0.3) is 0 Å². The van der Waals surface area contributed by atoms with Crippen LogP contribution in [0.25, 0.3) is 0 Å². The van der Waals surface area contributed by atoms with Crippen LogP contribution in [-0.4, -0.2) is 48.6 Å². The van der Waals surface area contributed by atoms with Gasteiger partial charge in [-0.05, 0) is 50.3 Å². The minimum absolute atomic E-state index is 0.000484. The van der Waals surface area contributed by atoms with Crippen LogP contribution >= 0.6 is 0 Å². The van der Waals surface area contributed by atoms with Crippen molar-refractivity contribution in [3.05, 3.63) is 29.8 Å². The van der Waals surface area contributed by atoms with Crippen LogP contribution < -0.4 is 16.0 Å². The molecule has 3 rings (SSSR count). The Kier molecular flexibility index (Phi) is 5.35. The Bertz CT molecular complexity index is 592. The standard InChI is InChI=1S/C18H26N4O2/c1-13-3-2-4-15(11-13)21-18(24)19-12-17(23)20-14-7-9-22(10-8-14)16-5-6-16/h2-4,11,14,16H,5-10,12H2,1H3,(H,20,23)(H2,19,21,24). The number of benzene rings is 1. The quantitative estimate of drug-likeness (QED) is 0.771. The summed E-state index contributed by atoms with van der Waals surface area (Å²) in [5, 5.41) is 8.35. The molecular formula is C18H26N4O2. The topological polar surface area (TPSA) is 73.5 Å². The number of anilines is 1. The lowest BCUT2D eigenvalue weighted by Gasteiger charge is -2.32. The van der Waals surface area contributed by atoms with E-state index in [1.165, 1.54) is 12.8 Å². The monoisotopic (exact) mass is 330 g/mol. The Labute approximate surface area is 143 Å². The molecule has 1 aliphatic carbocycles. The zero-order chi connectivity index (χ0) is 16.9. The Morgan fingerprint density at radius 1 is 1.17 bits per heavy atom. The summed E-state index contributed by atoms with van der Waals surface area (Å²) in [6.07, 6.45) is 4.66. The number of rotatable bonds is 5. The molecule has 2 aliphatic rings. The van der Waals surface area contributed by atoms with Crippen LogP contribution in [0.5, 0.6) is 0 Å². The van der Waals surface area contributed by atoms with Gasteiger partial charge in [-0.15, -0.1) is 0 Å². The van der Waals surface area contributed by atoms with E-state index in [0.717, 1.165) is 43.2 Å². The zero-order valence-electron chi connectivity index (χ0n) is 14.2. The van der Waals surface area contributed by atoms with Gasteiger partial charge in [0.15, 0.2) is 0 Å². The predicted octanol–water partition coefficient (Wildman–Crippen LogP) is 1.86. The van der Waals surface area contributed by atoms with Crippen molar-refractivity contribution in [2.24, 2.45) is 0 Å². The number of likely N-dealkylation sites (tertiary alicyclic amines) is 1. The minimum atomic E-state index is -0.362. The van der Waals surface area contributed by atoms with Crippen LogP contribution in [0.4, 0.5) is 10.5 Å². The first-order chi connectivity index (χ1) is 11.6. The molecule has 24 heavy (non-hydrogen) atoms. The summed E-state index contributed by atoms with van der Waals surface area (Å²) in [7, 11) is 0. The van der Waals surface area contributed by atoms with E-state index in [0.29, 0.717) is 0 Å². The van der Waals surface area contributed by atoms with Gasteiger partial charge in [0.05, 0.1) is 6.54 Å². The van der Waals surface area contributed by atoms with Gasteiger partial charge in [0.2, 0.25) is 5.91 Å². The van der Waals surface area contributed by atoms with E-state index >= 15 is 0 Å². The Morgan fingerprint density at radius 2 is 1.92 bits per heavy atom. The highest BCUT2D eigenvalue weighted by Gasteiger charge is 2.32. The van der Waals surface area contributed by atoms with E-state index < -0.39 is 0 Å². The van der Waals surface area contributed by atoms with Gasteiger partial charge in [-0.3, -0.25) is 4.79 Å². The molecule has 3 amide bonds. The normalized spacial score (nSPS) is 18.9. The molecule has 1 aromatic rings. The van der Waals surface area contributed by atoms with Crippen molar-refractivity contribution in [3.8, 4) is 0 Å². The Balaban J connectivity index is 1.34. The fraction of sp³-hybridized carbons (Fsp3) is 0.556. The number of piperidine rings is 1. The van der Waals surface area contributed by atoms with Crippen LogP contribution in [0.3, 0.4) is 0 Å². The Morgan fingerprint density at radius 3 is 2.58 bits per heavy atom. The highest BCUT2D eigenvalue weighted by Crippen LogP contribution is 2.29. The van der Waals surface area contributed by atoms with E-state index in [1.807, 2.05) is 31.2 Å². The third kappa shape index (κ3) is 4.96. The van der Waals surface area contributed by atoms with Crippen molar-refractivity contribution >= 4 is 17.6 Å². The molecule has 0 bridgehead atoms. The van der Waals surface area contributed by atoms with Crippen molar-refractivity contribution in [2.45, 2.75) is 44.7 Å². The smallest absolute Gasteiger partial charge is 0.319 e. The second-order valence-electron chi connectivity index (χ2n) is 6.79. The second-order valence-corrected chi connectivity index (χ2v) is 6.79. The van der Waals surface area contributed by atoms with Crippen molar-refractivity contribution in [1.29, 1.82) is 0 Å². The highest BCUT2D eigenvalue weighted by atomic mass is 16.2. The largest absolute Gasteiger partial charge is 0.352 e. The van der Waals surface area contributed by atoms with Gasteiger partial charge in [0, 0.05) is 30.9 Å². The molecule has 1 heterocycles. The van der Waals surface area contributed by atoms with Gasteiger partial charge in [0.1, 0.15) is 0 Å². The molecule has 1 saturated heterocycles. The van der Waals surface area contributed by atoms with Gasteiger partial charge in [-0.2, -0.15) is 0 Å². The lowest BCUT2D eigenvalue weighted by Crippen LogP contribution is -2.48. The van der Waals surface area contributed by atoms with Crippen molar-refractivity contribution in [1.82, 2.24) is 15.5 Å². The number of urea groups is 1. The first-order valence-electron chi connectivity index (χ1n) is 8.75. The molecular weight excluding hydrogens is 304 g/mol. The van der Waals surface area contributed by atoms with Crippen LogP contribution in [0.15, 0.2) is 24.3 Å². The lowest BCUT2D eigenvalue weighted by atomic mass is 10.0. The minimum Gasteiger partial charge on any atom is -0.352 e. The van der Waals surface area contributed by atoms with Crippen LogP contribution in [0.2, 0.25) is 0 Å². The molecule has 1 aromatic carbocycles. The first kappa shape index (κ1) is 16.8. The van der Waals surface area contributed by atoms with Gasteiger partial charge in [-0.1, -0.05) is 12.1 Å². The molecule has 6 nitrogen and oxygen atoms in total. The van der Waals surface area contributed by atoms with Gasteiger partial charge in [-0.25, -0.2) is 4.79 Å². The maximum atomic E-state index is 12.0. The summed E-state index contributed by atoms with van der Waals surface area (Å²) in [6, 6.07) is 8.21. The number of hydrogen-bond acceptors (Lipinski definition) is 3. The fourth-order valence-corrected chi connectivity index (χ4v) is 3.19. The average molecular weight is 330 g/mol. The van der Waals surface area contributed by atoms with E-state index in [2.05, 4.69) is 20.9 Å². The molecule has 6 heteroatoms. The summed E-state index contributed by atoms with van der Waals surface area (Å²) in [4.78, 5) is 26.3. The molecule has 2 fully saturated rings. The molecule has 0 aromatic heterocycles. The van der Waals surface area contributed by atoms with Gasteiger partial charge >= 0.3 is 6.03 Å². The summed E-state index contributed by atoms with van der Waals surface area (Å²) < 4.78 is 0. The number of carbonyl (C=O) groups excluding carboxylic acids is 2. The molecule has 130 valence electrons. The third-order valence-electron chi connectivity index (χ3n) is 4.64. The zero-order valence-corrected chi connectivity index (χ0v) is 14.2. The number of aryl methyl sites for hydroxylation is 1. The maximum Gasteiger partial charge on any atom is 0.319 e. The van der Waals surface area contributed by atoms with E-state index in [4.69, 9.17) is 0 Å². The summed E-state index contributed by atoms with van der Waals surface area (Å²) in [5.74, 6) is -0.126. The number of hydrogen-bond donors (Lipinski definition) is 3. The summed E-state index contributed by atoms with van der Waals surface area (Å²) >= 11 is 0. The highest BCUT2D eigenvalue weighted by molar-refractivity contribution is 5.92. The summed E-state index contributed by atoms with van der Waals surface area (Å²) in [5.41, 5.74) is 1.79. The second kappa shape index (κ2) is 7.66. The van der Waals surface area contributed by atoms with E-state index in [9.17, 15) is 9.59 Å². The average Bonchev–Trinajstić information content (AvgIpc) is 3.39. The third-order valence-corrected chi connectivity index (χ3v) is 4.64. The number of nitrogens with zero attached hydrogens (tertiary/aromatic N) is 1. The predicted molar refractivity (Wildman–Crippen MR) is 94.0 cm³/mol. The lowest BCUT2D eigenvalue weighted by molar-refractivity contribution is -0.121. The van der Waals surface area contributed by atoms with E-state index in [-0.39, 0.29) is 24.5 Å². The molecule has 1 saturated carbocycles. The van der Waals surface area contributed by atoms with Crippen LogP contribution in [-0.2, 0) is 4.79 Å². The molecule has 0 unspecified atom stereocenters. The summed E-state index contributed by atoms with van der Waals surface area (Å²) in [6.45, 7) is 4.10. The fourth-order valence-electron chi connectivity index (χ4n) is 3.19. The van der Waals surface area contributed by atoms with Gasteiger partial charge < -0.3 is 20.9 Å². The SMILES string of the molecule is Cc1cccc(NC(=O)NCC(=O)NC2CCN(C3CC3)CC2)c1. The first-order valence-corrected chi connectivity index (χ1v) is 8.75. The number of nitrogens with one attached hydrogen (secondary N) is 3. The number of amides is 3. The maximum absolute atomic E-state index is 12.0. The Hall–Kier alpha value is -2.08. The van der Waals surface area contributed by atoms with Crippen molar-refractivity contribution in [3.63, 3.8) is 0 Å². The molecule has 3 N–H and O–H groups in total. The van der Waals surface area contributed by atoms with Crippen molar-refractivity contribution in [2.75, 3.05) is 25.0 Å². The van der Waals surface area contributed by atoms with Crippen LogP contribution in [0.1, 0.15) is 31.2 Å². The van der Waals surface area contributed by atoms with E-state index in [1.54, 1.807) is 0 Å². The molecule has 0 spiro atoms.